The molecule has 2 rings (SSSR count). The number of carbonyl (C=O) groups excluding carboxylic acids is 2. The fourth-order valence-electron chi connectivity index (χ4n) is 3.11. The molecule has 0 saturated carbocycles. The average molecular weight is 252 g/mol. The molecule has 2 heterocycles. The number of hydrogen-bond donors (Lipinski definition) is 0. The molecule has 0 N–H and O–H groups in total. The molecule has 2 aliphatic heterocycles. The summed E-state index contributed by atoms with van der Waals surface area (Å²) < 4.78 is 0. The monoisotopic (exact) mass is 252 g/mol. The summed E-state index contributed by atoms with van der Waals surface area (Å²) in [6.07, 6.45) is 4.61. The fourth-order valence-corrected chi connectivity index (χ4v) is 3.11. The molecule has 0 aromatic heterocycles. The first-order valence-electron chi connectivity index (χ1n) is 7.17. The molecule has 2 aliphatic rings. The Morgan fingerprint density at radius 1 is 1.28 bits per heavy atom. The summed E-state index contributed by atoms with van der Waals surface area (Å²) in [5.74, 6) is 0.495. The molecular formula is C14H24N2O2. The van der Waals surface area contributed by atoms with Crippen molar-refractivity contribution in [2.45, 2.75) is 58.0 Å². The van der Waals surface area contributed by atoms with Crippen LogP contribution in [0.4, 0.5) is 0 Å². The van der Waals surface area contributed by atoms with Crippen LogP contribution < -0.4 is 0 Å². The van der Waals surface area contributed by atoms with Gasteiger partial charge in [-0.25, -0.2) is 0 Å². The first-order chi connectivity index (χ1) is 8.61. The van der Waals surface area contributed by atoms with E-state index in [-0.39, 0.29) is 5.91 Å². The molecule has 2 unspecified atom stereocenters. The van der Waals surface area contributed by atoms with Crippen LogP contribution in [0.3, 0.4) is 0 Å². The number of likely N-dealkylation sites (tertiary alicyclic amines) is 2. The Balaban J connectivity index is 1.88. The Labute approximate surface area is 109 Å². The molecule has 4 heteroatoms. The summed E-state index contributed by atoms with van der Waals surface area (Å²) in [6, 6.07) is 1.08. The van der Waals surface area contributed by atoms with Crippen LogP contribution in [0.25, 0.3) is 0 Å². The Morgan fingerprint density at radius 2 is 1.94 bits per heavy atom. The minimum Gasteiger partial charge on any atom is -0.341 e. The van der Waals surface area contributed by atoms with E-state index in [4.69, 9.17) is 0 Å². The van der Waals surface area contributed by atoms with Gasteiger partial charge >= 0.3 is 0 Å². The second-order valence-electron chi connectivity index (χ2n) is 5.58. The molecule has 1 amide bonds. The summed E-state index contributed by atoms with van der Waals surface area (Å²) in [5, 5.41) is 0. The standard InChI is InChI=1S/C14H24N2O2/c1-3-12-5-4-11(2)16(12)10-14(18)15-8-6-13(17)7-9-15/h11-12H,3-10H2,1-2H3. The minimum atomic E-state index is 0.203. The lowest BCUT2D eigenvalue weighted by molar-refractivity contribution is -0.136. The molecule has 0 aromatic rings. The number of ketones is 1. The van der Waals surface area contributed by atoms with Gasteiger partial charge in [0.2, 0.25) is 5.91 Å². The van der Waals surface area contributed by atoms with Crippen LogP contribution >= 0.6 is 0 Å². The van der Waals surface area contributed by atoms with Crippen LogP contribution in [-0.2, 0) is 9.59 Å². The van der Waals surface area contributed by atoms with Crippen LogP contribution in [0, 0.1) is 0 Å². The zero-order valence-corrected chi connectivity index (χ0v) is 11.5. The van der Waals surface area contributed by atoms with E-state index in [0.717, 1.165) is 6.42 Å². The molecule has 4 nitrogen and oxygen atoms in total. The maximum absolute atomic E-state index is 12.2. The highest BCUT2D eigenvalue weighted by atomic mass is 16.2. The molecule has 0 radical (unpaired) electrons. The van der Waals surface area contributed by atoms with Gasteiger partial charge in [0.25, 0.3) is 0 Å². The molecule has 0 aliphatic carbocycles. The number of piperidine rings is 1. The van der Waals surface area contributed by atoms with Crippen LogP contribution in [0.5, 0.6) is 0 Å². The molecule has 18 heavy (non-hydrogen) atoms. The summed E-state index contributed by atoms with van der Waals surface area (Å²) >= 11 is 0. The van der Waals surface area contributed by atoms with Crippen molar-refractivity contribution in [1.29, 1.82) is 0 Å². The molecule has 0 aromatic carbocycles. The lowest BCUT2D eigenvalue weighted by Crippen LogP contribution is -2.47. The number of rotatable bonds is 3. The van der Waals surface area contributed by atoms with Gasteiger partial charge in [-0.3, -0.25) is 14.5 Å². The highest BCUT2D eigenvalue weighted by Crippen LogP contribution is 2.25. The van der Waals surface area contributed by atoms with E-state index in [9.17, 15) is 9.59 Å². The number of Topliss-reactive ketones (excluding diaryl/α,β-unsaturated/α-hetero) is 1. The first kappa shape index (κ1) is 13.5. The van der Waals surface area contributed by atoms with Gasteiger partial charge in [-0.2, -0.15) is 0 Å². The molecule has 0 spiro atoms. The van der Waals surface area contributed by atoms with Gasteiger partial charge in [0.1, 0.15) is 5.78 Å². The quantitative estimate of drug-likeness (QED) is 0.763. The number of hydrogen-bond acceptors (Lipinski definition) is 3. The molecule has 102 valence electrons. The maximum Gasteiger partial charge on any atom is 0.236 e. The number of carbonyl (C=O) groups is 2. The van der Waals surface area contributed by atoms with Gasteiger partial charge in [-0.05, 0) is 26.2 Å². The van der Waals surface area contributed by atoms with Gasteiger partial charge in [0, 0.05) is 38.0 Å². The van der Waals surface area contributed by atoms with Gasteiger partial charge < -0.3 is 4.90 Å². The highest BCUT2D eigenvalue weighted by Gasteiger charge is 2.32. The van der Waals surface area contributed by atoms with Gasteiger partial charge in [-0.1, -0.05) is 6.92 Å². The number of amides is 1. The predicted octanol–water partition coefficient (Wildman–Crippen LogP) is 1.44. The van der Waals surface area contributed by atoms with Crippen molar-refractivity contribution in [3.05, 3.63) is 0 Å². The fraction of sp³-hybridized carbons (Fsp3) is 0.857. The Kier molecular flexibility index (Phi) is 4.38. The Morgan fingerprint density at radius 3 is 2.56 bits per heavy atom. The predicted molar refractivity (Wildman–Crippen MR) is 70.3 cm³/mol. The molecule has 2 fully saturated rings. The van der Waals surface area contributed by atoms with E-state index in [1.165, 1.54) is 12.8 Å². The summed E-state index contributed by atoms with van der Waals surface area (Å²) in [6.45, 7) is 6.18. The third-order valence-electron chi connectivity index (χ3n) is 4.42. The summed E-state index contributed by atoms with van der Waals surface area (Å²) in [7, 11) is 0. The van der Waals surface area contributed by atoms with Crippen molar-refractivity contribution < 1.29 is 9.59 Å². The van der Waals surface area contributed by atoms with Crippen LogP contribution in [0.15, 0.2) is 0 Å². The molecule has 0 bridgehead atoms. The minimum absolute atomic E-state index is 0.203. The van der Waals surface area contributed by atoms with Crippen molar-refractivity contribution in [2.75, 3.05) is 19.6 Å². The maximum atomic E-state index is 12.2. The van der Waals surface area contributed by atoms with Crippen LogP contribution in [0.2, 0.25) is 0 Å². The topological polar surface area (TPSA) is 40.6 Å². The zero-order valence-electron chi connectivity index (χ0n) is 11.5. The Hall–Kier alpha value is -0.900. The molecule has 2 saturated heterocycles. The van der Waals surface area contributed by atoms with E-state index >= 15 is 0 Å². The molecule has 2 atom stereocenters. The van der Waals surface area contributed by atoms with E-state index in [1.807, 2.05) is 4.90 Å². The van der Waals surface area contributed by atoms with Crippen molar-refractivity contribution >= 4 is 11.7 Å². The largest absolute Gasteiger partial charge is 0.341 e. The average Bonchev–Trinajstić information content (AvgIpc) is 2.71. The van der Waals surface area contributed by atoms with Crippen molar-refractivity contribution in [1.82, 2.24) is 9.80 Å². The number of nitrogens with zero attached hydrogens (tertiary/aromatic N) is 2. The second kappa shape index (κ2) is 5.83. The lowest BCUT2D eigenvalue weighted by Gasteiger charge is -2.32. The van der Waals surface area contributed by atoms with Crippen molar-refractivity contribution in [3.63, 3.8) is 0 Å². The third kappa shape index (κ3) is 2.91. The molecular weight excluding hydrogens is 228 g/mol. The van der Waals surface area contributed by atoms with Gasteiger partial charge in [0.05, 0.1) is 6.54 Å². The van der Waals surface area contributed by atoms with Crippen LogP contribution in [0.1, 0.15) is 46.0 Å². The first-order valence-corrected chi connectivity index (χ1v) is 7.17. The van der Waals surface area contributed by atoms with E-state index in [1.54, 1.807) is 0 Å². The normalized spacial score (nSPS) is 29.9. The Bertz CT molecular complexity index is 320. The SMILES string of the molecule is CCC1CCC(C)N1CC(=O)N1CCC(=O)CC1. The highest BCUT2D eigenvalue weighted by molar-refractivity contribution is 5.84. The summed E-state index contributed by atoms with van der Waals surface area (Å²) in [4.78, 5) is 27.6. The summed E-state index contributed by atoms with van der Waals surface area (Å²) in [5.41, 5.74) is 0. The van der Waals surface area contributed by atoms with Crippen molar-refractivity contribution in [3.8, 4) is 0 Å². The zero-order chi connectivity index (χ0) is 13.1. The smallest absolute Gasteiger partial charge is 0.236 e. The van der Waals surface area contributed by atoms with E-state index < -0.39 is 0 Å². The van der Waals surface area contributed by atoms with Gasteiger partial charge in [0.15, 0.2) is 0 Å². The second-order valence-corrected chi connectivity index (χ2v) is 5.58. The van der Waals surface area contributed by atoms with Crippen LogP contribution in [-0.4, -0.2) is 53.2 Å². The van der Waals surface area contributed by atoms with Gasteiger partial charge in [-0.15, -0.1) is 0 Å². The van der Waals surface area contributed by atoms with E-state index in [0.29, 0.717) is 50.3 Å². The third-order valence-corrected chi connectivity index (χ3v) is 4.42. The van der Waals surface area contributed by atoms with Crippen molar-refractivity contribution in [2.24, 2.45) is 0 Å². The lowest BCUT2D eigenvalue weighted by atomic mass is 10.1. The van der Waals surface area contributed by atoms with E-state index in [2.05, 4.69) is 18.7 Å².